The number of likely N-dealkylation sites (tertiary alicyclic amines) is 1. The molecule has 5 rings (SSSR count). The fourth-order valence-electron chi connectivity index (χ4n) is 3.61. The molecule has 2 aromatic carbocycles. The molecule has 4 aromatic rings. The zero-order chi connectivity index (χ0) is 18.1. The molecule has 0 aliphatic carbocycles. The lowest BCUT2D eigenvalue weighted by Crippen LogP contribution is -2.32. The van der Waals surface area contributed by atoms with Crippen LogP contribution in [-0.2, 0) is 6.54 Å². The number of benzene rings is 2. The number of aromatic nitrogens is 3. The second-order valence-electron chi connectivity index (χ2n) is 6.94. The van der Waals surface area contributed by atoms with E-state index in [2.05, 4.69) is 39.4 Å². The zero-order valence-corrected chi connectivity index (χ0v) is 15.7. The van der Waals surface area contributed by atoms with Gasteiger partial charge >= 0.3 is 0 Å². The maximum atomic E-state index is 5.85. The number of para-hydroxylation sites is 1. The first-order valence-corrected chi connectivity index (χ1v) is 10.1. The summed E-state index contributed by atoms with van der Waals surface area (Å²) in [6.07, 6.45) is 2.25. The lowest BCUT2D eigenvalue weighted by molar-refractivity contribution is 0.188. The quantitative estimate of drug-likeness (QED) is 0.515. The highest BCUT2D eigenvalue weighted by Crippen LogP contribution is 2.34. The topological polar surface area (TPSA) is 55.1 Å². The third kappa shape index (κ3) is 3.50. The summed E-state index contributed by atoms with van der Waals surface area (Å²) < 4.78 is 7.14. The Hall–Kier alpha value is -2.57. The molecule has 0 unspecified atom stereocenters. The first-order valence-electron chi connectivity index (χ1n) is 9.31. The molecule has 136 valence electrons. The van der Waals surface area contributed by atoms with Crippen molar-refractivity contribution in [2.75, 3.05) is 13.1 Å². The van der Waals surface area contributed by atoms with Crippen molar-refractivity contribution in [2.24, 2.45) is 0 Å². The summed E-state index contributed by atoms with van der Waals surface area (Å²) in [7, 11) is 0. The van der Waals surface area contributed by atoms with Gasteiger partial charge in [-0.1, -0.05) is 30.3 Å². The molecule has 3 heterocycles. The largest absolute Gasteiger partial charge is 0.419 e. The van der Waals surface area contributed by atoms with Crippen LogP contribution in [-0.4, -0.2) is 33.2 Å². The Balaban J connectivity index is 1.21. The molecular formula is C21H20N4OS. The maximum absolute atomic E-state index is 5.85. The van der Waals surface area contributed by atoms with Gasteiger partial charge in [0, 0.05) is 11.5 Å². The minimum atomic E-state index is 0.557. The number of nitrogens with zero attached hydrogens (tertiary/aromatic N) is 4. The Morgan fingerprint density at radius 3 is 2.56 bits per heavy atom. The van der Waals surface area contributed by atoms with Crippen molar-refractivity contribution in [3.63, 3.8) is 0 Å². The molecule has 0 amide bonds. The van der Waals surface area contributed by atoms with Crippen LogP contribution in [0.25, 0.3) is 21.7 Å². The molecule has 0 bridgehead atoms. The Morgan fingerprint density at radius 2 is 1.74 bits per heavy atom. The first-order chi connectivity index (χ1) is 13.3. The average molecular weight is 376 g/mol. The number of hydrogen-bond acceptors (Lipinski definition) is 6. The Morgan fingerprint density at radius 1 is 0.963 bits per heavy atom. The summed E-state index contributed by atoms with van der Waals surface area (Å²) >= 11 is 1.84. The van der Waals surface area contributed by atoms with Gasteiger partial charge in [-0.05, 0) is 50.2 Å². The third-order valence-corrected chi connectivity index (χ3v) is 6.29. The van der Waals surface area contributed by atoms with Crippen LogP contribution in [0.1, 0.15) is 29.7 Å². The highest BCUT2D eigenvalue weighted by molar-refractivity contribution is 7.18. The van der Waals surface area contributed by atoms with Crippen molar-refractivity contribution in [2.45, 2.75) is 25.3 Å². The van der Waals surface area contributed by atoms with E-state index in [0.29, 0.717) is 24.2 Å². The van der Waals surface area contributed by atoms with E-state index in [1.165, 1.54) is 9.71 Å². The lowest BCUT2D eigenvalue weighted by atomic mass is 9.97. The van der Waals surface area contributed by atoms with Crippen LogP contribution < -0.4 is 0 Å². The number of piperidine rings is 1. The Labute approximate surface area is 161 Å². The van der Waals surface area contributed by atoms with E-state index < -0.39 is 0 Å². The fourth-order valence-corrected chi connectivity index (χ4v) is 4.75. The van der Waals surface area contributed by atoms with Gasteiger partial charge in [0.25, 0.3) is 0 Å². The molecule has 0 N–H and O–H groups in total. The fraction of sp³-hybridized carbons (Fsp3) is 0.286. The molecule has 0 spiro atoms. The SMILES string of the molecule is c1ccc(-c2nnc(CN3CCC(c4nc5ccccc5s4)CC3)o2)cc1. The minimum absolute atomic E-state index is 0.557. The smallest absolute Gasteiger partial charge is 0.247 e. The van der Waals surface area contributed by atoms with Crippen molar-refractivity contribution in [3.8, 4) is 11.5 Å². The molecule has 1 aliphatic rings. The van der Waals surface area contributed by atoms with Gasteiger partial charge in [0.1, 0.15) is 0 Å². The summed E-state index contributed by atoms with van der Waals surface area (Å²) in [5.41, 5.74) is 2.09. The zero-order valence-electron chi connectivity index (χ0n) is 14.9. The highest BCUT2D eigenvalue weighted by Gasteiger charge is 2.24. The standard InChI is InChI=1S/C21H20N4OS/c1-2-6-15(7-3-1)20-24-23-19(26-20)14-25-12-10-16(11-13-25)21-22-17-8-4-5-9-18(17)27-21/h1-9,16H,10-14H2. The van der Waals surface area contributed by atoms with Crippen molar-refractivity contribution in [3.05, 3.63) is 65.5 Å². The number of hydrogen-bond donors (Lipinski definition) is 0. The van der Waals surface area contributed by atoms with Crippen LogP contribution in [0.5, 0.6) is 0 Å². The molecule has 2 aromatic heterocycles. The minimum Gasteiger partial charge on any atom is -0.419 e. The molecule has 6 heteroatoms. The van der Waals surface area contributed by atoms with Gasteiger partial charge in [-0.3, -0.25) is 4.90 Å². The molecule has 0 atom stereocenters. The highest BCUT2D eigenvalue weighted by atomic mass is 32.1. The molecule has 27 heavy (non-hydrogen) atoms. The van der Waals surface area contributed by atoms with Crippen LogP contribution in [0.4, 0.5) is 0 Å². The van der Waals surface area contributed by atoms with Gasteiger partial charge in [-0.15, -0.1) is 21.5 Å². The van der Waals surface area contributed by atoms with Crippen LogP contribution in [0, 0.1) is 0 Å². The summed E-state index contributed by atoms with van der Waals surface area (Å²) in [5.74, 6) is 1.84. The first kappa shape index (κ1) is 16.6. The van der Waals surface area contributed by atoms with Crippen LogP contribution in [0.15, 0.2) is 59.0 Å². The van der Waals surface area contributed by atoms with Gasteiger partial charge in [0.05, 0.1) is 21.8 Å². The Bertz CT molecular complexity index is 1000. The van der Waals surface area contributed by atoms with Gasteiger partial charge in [-0.2, -0.15) is 0 Å². The van der Waals surface area contributed by atoms with Gasteiger partial charge in [0.15, 0.2) is 0 Å². The number of thiazole rings is 1. The second kappa shape index (κ2) is 7.21. The van der Waals surface area contributed by atoms with E-state index in [1.54, 1.807) is 0 Å². The molecular weight excluding hydrogens is 356 g/mol. The van der Waals surface area contributed by atoms with E-state index in [-0.39, 0.29) is 0 Å². The van der Waals surface area contributed by atoms with E-state index in [1.807, 2.05) is 41.7 Å². The van der Waals surface area contributed by atoms with Crippen LogP contribution in [0.3, 0.4) is 0 Å². The lowest BCUT2D eigenvalue weighted by Gasteiger charge is -2.29. The number of rotatable bonds is 4. The Kier molecular flexibility index (Phi) is 4.43. The van der Waals surface area contributed by atoms with E-state index in [0.717, 1.165) is 37.0 Å². The average Bonchev–Trinajstić information content (AvgIpc) is 3.36. The molecule has 0 saturated carbocycles. The van der Waals surface area contributed by atoms with E-state index in [4.69, 9.17) is 9.40 Å². The summed E-state index contributed by atoms with van der Waals surface area (Å²) in [4.78, 5) is 7.24. The van der Waals surface area contributed by atoms with E-state index >= 15 is 0 Å². The van der Waals surface area contributed by atoms with Crippen molar-refractivity contribution >= 4 is 21.6 Å². The predicted octanol–water partition coefficient (Wildman–Crippen LogP) is 4.73. The summed E-state index contributed by atoms with van der Waals surface area (Å²) in [6.45, 7) is 2.78. The van der Waals surface area contributed by atoms with Crippen molar-refractivity contribution in [1.29, 1.82) is 0 Å². The van der Waals surface area contributed by atoms with Gasteiger partial charge in [0.2, 0.25) is 11.8 Å². The normalized spacial score (nSPS) is 16.1. The number of fused-ring (bicyclic) bond motifs is 1. The second-order valence-corrected chi connectivity index (χ2v) is 8.00. The molecule has 1 fully saturated rings. The van der Waals surface area contributed by atoms with Gasteiger partial charge in [-0.25, -0.2) is 4.98 Å². The van der Waals surface area contributed by atoms with Crippen LogP contribution in [0.2, 0.25) is 0 Å². The molecule has 1 aliphatic heterocycles. The molecule has 0 radical (unpaired) electrons. The maximum Gasteiger partial charge on any atom is 0.247 e. The molecule has 1 saturated heterocycles. The summed E-state index contributed by atoms with van der Waals surface area (Å²) in [5, 5.41) is 9.69. The van der Waals surface area contributed by atoms with Crippen molar-refractivity contribution in [1.82, 2.24) is 20.1 Å². The summed E-state index contributed by atoms with van der Waals surface area (Å²) in [6, 6.07) is 18.3. The monoisotopic (exact) mass is 376 g/mol. The van der Waals surface area contributed by atoms with Crippen molar-refractivity contribution < 1.29 is 4.42 Å². The predicted molar refractivity (Wildman–Crippen MR) is 107 cm³/mol. The third-order valence-electron chi connectivity index (χ3n) is 5.09. The van der Waals surface area contributed by atoms with Crippen LogP contribution >= 0.6 is 11.3 Å². The van der Waals surface area contributed by atoms with E-state index in [9.17, 15) is 0 Å². The van der Waals surface area contributed by atoms with Gasteiger partial charge < -0.3 is 4.42 Å². The molecule has 5 nitrogen and oxygen atoms in total.